The molecule has 7 heteroatoms. The first-order valence-corrected chi connectivity index (χ1v) is 8.77. The molecule has 0 saturated heterocycles. The highest BCUT2D eigenvalue weighted by Crippen LogP contribution is 2.32. The summed E-state index contributed by atoms with van der Waals surface area (Å²) >= 11 is 0. The van der Waals surface area contributed by atoms with Crippen LogP contribution in [-0.2, 0) is 34.5 Å². The lowest BCUT2D eigenvalue weighted by Gasteiger charge is -2.26. The molecule has 1 rings (SSSR count). The van der Waals surface area contributed by atoms with Crippen molar-refractivity contribution in [1.82, 2.24) is 0 Å². The third-order valence-corrected chi connectivity index (χ3v) is 4.18. The number of benzene rings is 1. The van der Waals surface area contributed by atoms with E-state index in [-0.39, 0.29) is 5.57 Å². The van der Waals surface area contributed by atoms with Gasteiger partial charge in [0.2, 0.25) is 6.29 Å². The van der Waals surface area contributed by atoms with Crippen LogP contribution >= 0.6 is 0 Å². The summed E-state index contributed by atoms with van der Waals surface area (Å²) in [7, 11) is 0. The predicted molar refractivity (Wildman–Crippen MR) is 98.5 cm³/mol. The lowest BCUT2D eigenvalue weighted by Crippen LogP contribution is -2.27. The third-order valence-electron chi connectivity index (χ3n) is 4.18. The summed E-state index contributed by atoms with van der Waals surface area (Å²) in [4.78, 5) is 32.2. The number of ether oxygens (including phenoxy) is 2. The summed E-state index contributed by atoms with van der Waals surface area (Å²) in [6, 6.07) is 7.90. The lowest BCUT2D eigenvalue weighted by atomic mass is 9.78. The van der Waals surface area contributed by atoms with Crippen LogP contribution in [0.3, 0.4) is 0 Å². The highest BCUT2D eigenvalue weighted by Gasteiger charge is 2.31. The molecule has 0 spiro atoms. The molecule has 0 aliphatic rings. The fourth-order valence-corrected chi connectivity index (χ4v) is 2.26. The van der Waals surface area contributed by atoms with Gasteiger partial charge < -0.3 is 9.47 Å². The van der Waals surface area contributed by atoms with Gasteiger partial charge in [0.25, 0.3) is 0 Å². The zero-order valence-corrected chi connectivity index (χ0v) is 16.7. The second-order valence-corrected chi connectivity index (χ2v) is 6.79. The molecule has 0 bridgehead atoms. The van der Waals surface area contributed by atoms with Crippen molar-refractivity contribution in [1.29, 1.82) is 0 Å². The summed E-state index contributed by atoms with van der Waals surface area (Å²) in [5.41, 5.74) is 1.51. The van der Waals surface area contributed by atoms with E-state index in [0.29, 0.717) is 12.5 Å². The Kier molecular flexibility index (Phi) is 8.46. The first-order chi connectivity index (χ1) is 12.6. The molecule has 1 unspecified atom stereocenters. The second-order valence-electron chi connectivity index (χ2n) is 6.79. The summed E-state index contributed by atoms with van der Waals surface area (Å²) in [6.07, 6.45) is -2.01. The summed E-state index contributed by atoms with van der Waals surface area (Å²) in [6.45, 7) is 15.3. The Labute approximate surface area is 160 Å². The largest absolute Gasteiger partial charge is 0.545 e. The fourth-order valence-electron chi connectivity index (χ4n) is 2.26. The van der Waals surface area contributed by atoms with E-state index in [1.165, 1.54) is 12.5 Å². The van der Waals surface area contributed by atoms with Gasteiger partial charge in [-0.15, -0.1) is 0 Å². The van der Waals surface area contributed by atoms with Crippen molar-refractivity contribution in [2.45, 2.75) is 59.2 Å². The van der Waals surface area contributed by atoms with Gasteiger partial charge >= 0.3 is 12.1 Å². The molecule has 0 fully saturated rings. The lowest BCUT2D eigenvalue weighted by molar-refractivity contribution is -0.459. The van der Waals surface area contributed by atoms with Crippen LogP contribution in [0.5, 0.6) is 0 Å². The maximum absolute atomic E-state index is 12.1. The zero-order chi connectivity index (χ0) is 20.6. The number of carbonyl (C=O) groups excluding carboxylic acids is 2. The number of hydrogen-bond acceptors (Lipinski definition) is 7. The van der Waals surface area contributed by atoms with E-state index in [1.54, 1.807) is 6.92 Å². The van der Waals surface area contributed by atoms with Gasteiger partial charge in [-0.05, 0) is 30.9 Å². The van der Waals surface area contributed by atoms with E-state index in [2.05, 4.69) is 40.0 Å². The van der Waals surface area contributed by atoms with Gasteiger partial charge in [-0.1, -0.05) is 58.5 Å². The summed E-state index contributed by atoms with van der Waals surface area (Å²) < 4.78 is 9.67. The minimum atomic E-state index is -1.20. The molecule has 0 heterocycles. The van der Waals surface area contributed by atoms with E-state index < -0.39 is 23.8 Å². The molecule has 1 aromatic carbocycles. The molecule has 0 aliphatic carbocycles. The molecule has 0 saturated carbocycles. The maximum atomic E-state index is 12.1. The molecule has 7 nitrogen and oxygen atoms in total. The Morgan fingerprint density at radius 2 is 1.67 bits per heavy atom. The normalized spacial score (nSPS) is 12.4. The van der Waals surface area contributed by atoms with Crippen LogP contribution in [0.4, 0.5) is 4.79 Å². The van der Waals surface area contributed by atoms with E-state index >= 15 is 0 Å². The smallest absolute Gasteiger partial charge is 0.403 e. The van der Waals surface area contributed by atoms with Crippen LogP contribution in [0.15, 0.2) is 36.4 Å². The molecular weight excluding hydrogens is 352 g/mol. The van der Waals surface area contributed by atoms with E-state index in [1.807, 2.05) is 38.1 Å². The van der Waals surface area contributed by atoms with Gasteiger partial charge in [-0.25, -0.2) is 14.5 Å². The standard InChI is InChI=1S/C20H28O7/c1-8-23-15(5)24-19(22)26-27-25-18(21)14(4)20(6,7)17-11-9-16(10-12-17)13(2)3/h9-13,15H,4,8H2,1-3,5-7H3. The highest BCUT2D eigenvalue weighted by molar-refractivity contribution is 5.90. The topological polar surface area (TPSA) is 80.3 Å². The van der Waals surface area contributed by atoms with Crippen LogP contribution in [0, 0.1) is 0 Å². The molecule has 150 valence electrons. The van der Waals surface area contributed by atoms with Crippen LogP contribution < -0.4 is 0 Å². The third kappa shape index (κ3) is 6.69. The average Bonchev–Trinajstić information content (AvgIpc) is 2.61. The van der Waals surface area contributed by atoms with Crippen molar-refractivity contribution in [3.05, 3.63) is 47.5 Å². The summed E-state index contributed by atoms with van der Waals surface area (Å²) in [5.74, 6) is -0.454. The minimum absolute atomic E-state index is 0.138. The fraction of sp³-hybridized carbons (Fsp3) is 0.500. The zero-order valence-electron chi connectivity index (χ0n) is 16.7. The van der Waals surface area contributed by atoms with Gasteiger partial charge in [0.05, 0.1) is 5.04 Å². The maximum Gasteiger partial charge on any atom is 0.545 e. The highest BCUT2D eigenvalue weighted by atomic mass is 17.5. The van der Waals surface area contributed by atoms with E-state index in [0.717, 1.165) is 5.56 Å². The van der Waals surface area contributed by atoms with Crippen molar-refractivity contribution in [3.63, 3.8) is 0 Å². The van der Waals surface area contributed by atoms with Gasteiger partial charge in [0.1, 0.15) is 0 Å². The number of hydrogen-bond donors (Lipinski definition) is 0. The van der Waals surface area contributed by atoms with Crippen molar-refractivity contribution < 1.29 is 33.9 Å². The van der Waals surface area contributed by atoms with Crippen LogP contribution in [0.1, 0.15) is 58.6 Å². The molecule has 1 aromatic rings. The van der Waals surface area contributed by atoms with Gasteiger partial charge in [0, 0.05) is 17.6 Å². The van der Waals surface area contributed by atoms with Crippen LogP contribution in [0.25, 0.3) is 0 Å². The number of rotatable bonds is 9. The molecular formula is C20H28O7. The Balaban J connectivity index is 2.59. The van der Waals surface area contributed by atoms with Crippen LogP contribution in [0.2, 0.25) is 0 Å². The Morgan fingerprint density at radius 3 is 2.19 bits per heavy atom. The molecule has 0 aliphatic heterocycles. The molecule has 0 N–H and O–H groups in total. The predicted octanol–water partition coefficient (Wildman–Crippen LogP) is 4.57. The molecule has 0 amide bonds. The van der Waals surface area contributed by atoms with Gasteiger partial charge in [-0.3, -0.25) is 4.89 Å². The van der Waals surface area contributed by atoms with E-state index in [4.69, 9.17) is 4.74 Å². The molecule has 1 atom stereocenters. The first kappa shape index (κ1) is 22.7. The summed E-state index contributed by atoms with van der Waals surface area (Å²) in [5, 5.41) is 4.20. The van der Waals surface area contributed by atoms with Gasteiger partial charge in [-0.2, -0.15) is 0 Å². The average molecular weight is 380 g/mol. The van der Waals surface area contributed by atoms with Crippen molar-refractivity contribution >= 4 is 12.1 Å². The van der Waals surface area contributed by atoms with Gasteiger partial charge in [0.15, 0.2) is 0 Å². The quantitative estimate of drug-likeness (QED) is 0.204. The Morgan fingerprint density at radius 1 is 1.07 bits per heavy atom. The Bertz CT molecular complexity index is 647. The van der Waals surface area contributed by atoms with Crippen molar-refractivity contribution in [2.75, 3.05) is 6.61 Å². The first-order valence-electron chi connectivity index (χ1n) is 8.77. The molecule has 0 aromatic heterocycles. The van der Waals surface area contributed by atoms with Crippen molar-refractivity contribution in [2.24, 2.45) is 0 Å². The SMILES string of the molecule is C=C(C(=O)OOOC(=O)OC(C)OCC)C(C)(C)c1ccc(C(C)C)cc1. The van der Waals surface area contributed by atoms with E-state index in [9.17, 15) is 9.59 Å². The monoisotopic (exact) mass is 380 g/mol. The van der Waals surface area contributed by atoms with Crippen molar-refractivity contribution in [3.8, 4) is 0 Å². The molecule has 0 radical (unpaired) electrons. The van der Waals surface area contributed by atoms with Crippen LogP contribution in [-0.4, -0.2) is 25.0 Å². The number of carbonyl (C=O) groups is 2. The minimum Gasteiger partial charge on any atom is -0.403 e. The Hall–Kier alpha value is -2.38. The second kappa shape index (κ2) is 10.1. The molecule has 27 heavy (non-hydrogen) atoms.